The van der Waals surface area contributed by atoms with Gasteiger partial charge in [0.25, 0.3) is 0 Å². The number of carbonyl (C=O) groups excluding carboxylic acids is 2. The van der Waals surface area contributed by atoms with E-state index in [4.69, 9.17) is 4.74 Å². The molecule has 3 rings (SSSR count). The number of nitrogens with zero attached hydrogens (tertiary/aromatic N) is 3. The van der Waals surface area contributed by atoms with Gasteiger partial charge in [0.2, 0.25) is 11.8 Å². The van der Waals surface area contributed by atoms with Gasteiger partial charge in [0.15, 0.2) is 11.6 Å². The van der Waals surface area contributed by atoms with Crippen molar-refractivity contribution in [3.63, 3.8) is 0 Å². The third kappa shape index (κ3) is 3.38. The first-order valence-corrected chi connectivity index (χ1v) is 7.91. The first kappa shape index (κ1) is 15.6. The largest absolute Gasteiger partial charge is 0.485 e. The SMILES string of the molecule is CN(C)c1ncccc1OC1CCN(C(=O)[C@H]2CCC(=O)N2)C1. The van der Waals surface area contributed by atoms with Gasteiger partial charge in [0.05, 0.1) is 6.54 Å². The van der Waals surface area contributed by atoms with E-state index in [2.05, 4.69) is 10.3 Å². The minimum absolute atomic E-state index is 0.000898. The Kier molecular flexibility index (Phi) is 4.36. The molecule has 2 atom stereocenters. The van der Waals surface area contributed by atoms with Gasteiger partial charge in [-0.1, -0.05) is 0 Å². The number of hydrogen-bond acceptors (Lipinski definition) is 5. The van der Waals surface area contributed by atoms with Gasteiger partial charge in [-0.25, -0.2) is 4.98 Å². The van der Waals surface area contributed by atoms with E-state index in [1.54, 1.807) is 11.1 Å². The minimum atomic E-state index is -0.364. The molecule has 23 heavy (non-hydrogen) atoms. The van der Waals surface area contributed by atoms with Crippen LogP contribution < -0.4 is 15.0 Å². The van der Waals surface area contributed by atoms with E-state index in [9.17, 15) is 9.59 Å². The van der Waals surface area contributed by atoms with Gasteiger partial charge in [-0.15, -0.1) is 0 Å². The van der Waals surface area contributed by atoms with E-state index >= 15 is 0 Å². The molecular formula is C16H22N4O3. The Morgan fingerprint density at radius 3 is 2.96 bits per heavy atom. The lowest BCUT2D eigenvalue weighted by Gasteiger charge is -2.22. The number of rotatable bonds is 4. The summed E-state index contributed by atoms with van der Waals surface area (Å²) in [6.07, 6.45) is 3.50. The van der Waals surface area contributed by atoms with Crippen molar-refractivity contribution in [3.05, 3.63) is 18.3 Å². The van der Waals surface area contributed by atoms with Crippen LogP contribution in [0, 0.1) is 0 Å². The van der Waals surface area contributed by atoms with Crippen molar-refractivity contribution < 1.29 is 14.3 Å². The number of anilines is 1. The molecule has 3 heterocycles. The average molecular weight is 318 g/mol. The van der Waals surface area contributed by atoms with E-state index in [1.165, 1.54) is 0 Å². The molecule has 0 aromatic carbocycles. The van der Waals surface area contributed by atoms with Crippen molar-refractivity contribution in [1.82, 2.24) is 15.2 Å². The van der Waals surface area contributed by atoms with E-state index in [0.29, 0.717) is 25.9 Å². The summed E-state index contributed by atoms with van der Waals surface area (Å²) in [4.78, 5) is 31.7. The molecule has 2 aliphatic rings. The van der Waals surface area contributed by atoms with Crippen molar-refractivity contribution in [1.29, 1.82) is 0 Å². The third-order valence-corrected chi connectivity index (χ3v) is 4.22. The lowest BCUT2D eigenvalue weighted by Crippen LogP contribution is -2.44. The number of carbonyl (C=O) groups is 2. The molecule has 2 saturated heterocycles. The van der Waals surface area contributed by atoms with Gasteiger partial charge >= 0.3 is 0 Å². The number of likely N-dealkylation sites (tertiary alicyclic amines) is 1. The highest BCUT2D eigenvalue weighted by Gasteiger charge is 2.35. The average Bonchev–Trinajstić information content (AvgIpc) is 3.16. The molecular weight excluding hydrogens is 296 g/mol. The Bertz CT molecular complexity index is 605. The second-order valence-electron chi connectivity index (χ2n) is 6.19. The normalized spacial score (nSPS) is 23.7. The molecule has 1 aromatic rings. The lowest BCUT2D eigenvalue weighted by atomic mass is 10.2. The van der Waals surface area contributed by atoms with Crippen LogP contribution in [0.5, 0.6) is 5.75 Å². The van der Waals surface area contributed by atoms with Crippen LogP contribution >= 0.6 is 0 Å². The van der Waals surface area contributed by atoms with Crippen LogP contribution in [0.1, 0.15) is 19.3 Å². The molecule has 0 saturated carbocycles. The maximum absolute atomic E-state index is 12.4. The quantitative estimate of drug-likeness (QED) is 0.870. The fraction of sp³-hybridized carbons (Fsp3) is 0.562. The number of aromatic nitrogens is 1. The van der Waals surface area contributed by atoms with Crippen LogP contribution in [0.4, 0.5) is 5.82 Å². The zero-order valence-corrected chi connectivity index (χ0v) is 13.5. The monoisotopic (exact) mass is 318 g/mol. The van der Waals surface area contributed by atoms with Gasteiger partial charge in [-0.2, -0.15) is 0 Å². The van der Waals surface area contributed by atoms with Crippen LogP contribution in [0.2, 0.25) is 0 Å². The van der Waals surface area contributed by atoms with E-state index in [-0.39, 0.29) is 24.0 Å². The Morgan fingerprint density at radius 2 is 2.26 bits per heavy atom. The molecule has 0 bridgehead atoms. The molecule has 1 unspecified atom stereocenters. The van der Waals surface area contributed by atoms with Crippen molar-refractivity contribution in [3.8, 4) is 5.75 Å². The van der Waals surface area contributed by atoms with E-state index in [0.717, 1.165) is 18.0 Å². The zero-order valence-electron chi connectivity index (χ0n) is 13.5. The number of ether oxygens (including phenoxy) is 1. The number of amides is 2. The van der Waals surface area contributed by atoms with Gasteiger partial charge in [-0.3, -0.25) is 9.59 Å². The first-order chi connectivity index (χ1) is 11.0. The van der Waals surface area contributed by atoms with Gasteiger partial charge in [-0.05, 0) is 18.6 Å². The van der Waals surface area contributed by atoms with Crippen LogP contribution in [0.3, 0.4) is 0 Å². The Hall–Kier alpha value is -2.31. The second kappa shape index (κ2) is 6.44. The standard InChI is InChI=1S/C16H22N4O3/c1-19(2)15-13(4-3-8-17-15)23-11-7-9-20(10-11)16(22)12-5-6-14(21)18-12/h3-4,8,11-12H,5-7,9-10H2,1-2H3,(H,18,21)/t11?,12-/m1/s1. The van der Waals surface area contributed by atoms with Gasteiger partial charge in [0, 0.05) is 39.7 Å². The number of pyridine rings is 1. The predicted molar refractivity (Wildman–Crippen MR) is 85.3 cm³/mol. The topological polar surface area (TPSA) is 74.8 Å². The summed E-state index contributed by atoms with van der Waals surface area (Å²) in [5.74, 6) is 1.47. The number of hydrogen-bond donors (Lipinski definition) is 1. The second-order valence-corrected chi connectivity index (χ2v) is 6.19. The highest BCUT2D eigenvalue weighted by Crippen LogP contribution is 2.27. The highest BCUT2D eigenvalue weighted by atomic mass is 16.5. The lowest BCUT2D eigenvalue weighted by molar-refractivity contribution is -0.133. The summed E-state index contributed by atoms with van der Waals surface area (Å²) in [6.45, 7) is 1.21. The smallest absolute Gasteiger partial charge is 0.245 e. The molecule has 7 nitrogen and oxygen atoms in total. The maximum atomic E-state index is 12.4. The van der Waals surface area contributed by atoms with Gasteiger partial charge < -0.3 is 19.9 Å². The van der Waals surface area contributed by atoms with Crippen LogP contribution in [-0.4, -0.2) is 61.0 Å². The summed E-state index contributed by atoms with van der Waals surface area (Å²) < 4.78 is 6.05. The molecule has 2 amide bonds. The molecule has 0 spiro atoms. The summed E-state index contributed by atoms with van der Waals surface area (Å²) >= 11 is 0. The Morgan fingerprint density at radius 1 is 1.43 bits per heavy atom. The fourth-order valence-electron chi connectivity index (χ4n) is 3.03. The molecule has 1 aromatic heterocycles. The molecule has 0 aliphatic carbocycles. The Balaban J connectivity index is 1.60. The Labute approximate surface area is 135 Å². The van der Waals surface area contributed by atoms with Crippen LogP contribution in [0.25, 0.3) is 0 Å². The van der Waals surface area contributed by atoms with Crippen LogP contribution in [-0.2, 0) is 9.59 Å². The van der Waals surface area contributed by atoms with Crippen molar-refractivity contribution in [2.24, 2.45) is 0 Å². The minimum Gasteiger partial charge on any atom is -0.485 e. The summed E-state index contributed by atoms with van der Waals surface area (Å²) in [7, 11) is 3.84. The zero-order chi connectivity index (χ0) is 16.4. The van der Waals surface area contributed by atoms with E-state index in [1.807, 2.05) is 31.1 Å². The van der Waals surface area contributed by atoms with Crippen molar-refractivity contribution in [2.45, 2.75) is 31.4 Å². The molecule has 2 aliphatic heterocycles. The summed E-state index contributed by atoms with van der Waals surface area (Å²) in [5, 5.41) is 2.73. The van der Waals surface area contributed by atoms with E-state index < -0.39 is 0 Å². The molecule has 0 radical (unpaired) electrons. The fourth-order valence-corrected chi connectivity index (χ4v) is 3.03. The van der Waals surface area contributed by atoms with Crippen molar-refractivity contribution in [2.75, 3.05) is 32.1 Å². The predicted octanol–water partition coefficient (Wildman–Crippen LogP) is 0.406. The van der Waals surface area contributed by atoms with Gasteiger partial charge in [0.1, 0.15) is 12.1 Å². The summed E-state index contributed by atoms with van der Waals surface area (Å²) in [5.41, 5.74) is 0. The third-order valence-electron chi connectivity index (χ3n) is 4.22. The van der Waals surface area contributed by atoms with Crippen molar-refractivity contribution >= 4 is 17.6 Å². The van der Waals surface area contributed by atoms with Crippen LogP contribution in [0.15, 0.2) is 18.3 Å². The maximum Gasteiger partial charge on any atom is 0.245 e. The summed E-state index contributed by atoms with van der Waals surface area (Å²) in [6, 6.07) is 3.37. The molecule has 1 N–H and O–H groups in total. The molecule has 7 heteroatoms. The first-order valence-electron chi connectivity index (χ1n) is 7.91. The number of nitrogens with one attached hydrogen (secondary N) is 1. The highest BCUT2D eigenvalue weighted by molar-refractivity contribution is 5.90. The molecule has 2 fully saturated rings. The molecule has 124 valence electrons.